The predicted molar refractivity (Wildman–Crippen MR) is 115 cm³/mol. The molecule has 0 aliphatic heterocycles. The fourth-order valence-corrected chi connectivity index (χ4v) is 2.90. The van der Waals surface area contributed by atoms with Crippen LogP contribution in [0, 0.1) is 12.3 Å². The number of phenols is 1. The molecule has 2 aromatic carbocycles. The van der Waals surface area contributed by atoms with Gasteiger partial charge in [0.1, 0.15) is 5.75 Å². The molecule has 6 heteroatoms. The SMILES string of the molecule is C#CC(=O)N(CCCOCCCC(=O)NCc1ccccc1)Cc1cccc(O)c1. The van der Waals surface area contributed by atoms with E-state index in [2.05, 4.69) is 11.2 Å². The Hall–Kier alpha value is -3.30. The summed E-state index contributed by atoms with van der Waals surface area (Å²) in [7, 11) is 0. The Morgan fingerprint density at radius 2 is 1.77 bits per heavy atom. The van der Waals surface area contributed by atoms with Crippen LogP contribution in [0.4, 0.5) is 0 Å². The molecule has 0 unspecified atom stereocenters. The van der Waals surface area contributed by atoms with Crippen molar-refractivity contribution in [3.63, 3.8) is 0 Å². The average molecular weight is 408 g/mol. The van der Waals surface area contributed by atoms with Crippen LogP contribution in [0.15, 0.2) is 54.6 Å². The molecular formula is C24H28N2O4. The number of terminal acetylenes is 1. The molecule has 2 N–H and O–H groups in total. The van der Waals surface area contributed by atoms with Crippen LogP contribution in [0.3, 0.4) is 0 Å². The minimum absolute atomic E-state index is 0.000594. The molecule has 2 rings (SSSR count). The molecule has 6 nitrogen and oxygen atoms in total. The van der Waals surface area contributed by atoms with Crippen LogP contribution in [-0.2, 0) is 27.4 Å². The lowest BCUT2D eigenvalue weighted by atomic mass is 10.2. The van der Waals surface area contributed by atoms with Gasteiger partial charge in [-0.15, -0.1) is 6.42 Å². The number of carbonyl (C=O) groups is 2. The van der Waals surface area contributed by atoms with E-state index in [0.29, 0.717) is 52.1 Å². The van der Waals surface area contributed by atoms with Crippen molar-refractivity contribution in [1.82, 2.24) is 10.2 Å². The second-order valence-corrected chi connectivity index (χ2v) is 6.87. The Balaban J connectivity index is 1.59. The van der Waals surface area contributed by atoms with Gasteiger partial charge < -0.3 is 20.1 Å². The average Bonchev–Trinajstić information content (AvgIpc) is 2.76. The minimum Gasteiger partial charge on any atom is -0.508 e. The number of amides is 2. The van der Waals surface area contributed by atoms with Crippen molar-refractivity contribution in [3.8, 4) is 18.1 Å². The number of nitrogens with one attached hydrogen (secondary N) is 1. The van der Waals surface area contributed by atoms with Crippen LogP contribution in [0.1, 0.15) is 30.4 Å². The zero-order valence-corrected chi connectivity index (χ0v) is 17.0. The van der Waals surface area contributed by atoms with Gasteiger partial charge >= 0.3 is 0 Å². The summed E-state index contributed by atoms with van der Waals surface area (Å²) in [6.45, 7) is 2.27. The van der Waals surface area contributed by atoms with Crippen LogP contribution in [-0.4, -0.2) is 41.6 Å². The third kappa shape index (κ3) is 8.80. The van der Waals surface area contributed by atoms with E-state index in [9.17, 15) is 14.7 Å². The minimum atomic E-state index is -0.395. The number of nitrogens with zero attached hydrogens (tertiary/aromatic N) is 1. The Morgan fingerprint density at radius 1 is 1.03 bits per heavy atom. The molecule has 0 bridgehead atoms. The molecule has 0 saturated carbocycles. The molecule has 0 fully saturated rings. The van der Waals surface area contributed by atoms with E-state index in [1.807, 2.05) is 36.4 Å². The van der Waals surface area contributed by atoms with Gasteiger partial charge in [0.15, 0.2) is 0 Å². The van der Waals surface area contributed by atoms with Crippen LogP contribution in [0.5, 0.6) is 5.75 Å². The summed E-state index contributed by atoms with van der Waals surface area (Å²) in [4.78, 5) is 25.4. The Morgan fingerprint density at radius 3 is 2.50 bits per heavy atom. The number of benzene rings is 2. The summed E-state index contributed by atoms with van der Waals surface area (Å²) in [6.07, 6.45) is 6.93. The zero-order chi connectivity index (χ0) is 21.6. The first-order valence-corrected chi connectivity index (χ1v) is 10.0. The summed E-state index contributed by atoms with van der Waals surface area (Å²) < 4.78 is 5.57. The predicted octanol–water partition coefficient (Wildman–Crippen LogP) is 2.86. The van der Waals surface area contributed by atoms with Crippen molar-refractivity contribution < 1.29 is 19.4 Å². The fourth-order valence-electron chi connectivity index (χ4n) is 2.90. The first-order chi connectivity index (χ1) is 14.6. The lowest BCUT2D eigenvalue weighted by molar-refractivity contribution is -0.126. The normalized spacial score (nSPS) is 10.2. The van der Waals surface area contributed by atoms with E-state index in [-0.39, 0.29) is 11.7 Å². The summed E-state index contributed by atoms with van der Waals surface area (Å²) in [5.74, 6) is 1.89. The third-order valence-electron chi connectivity index (χ3n) is 4.44. The molecule has 0 saturated heterocycles. The van der Waals surface area contributed by atoms with Crippen LogP contribution < -0.4 is 5.32 Å². The highest BCUT2D eigenvalue weighted by molar-refractivity contribution is 5.92. The molecule has 0 aliphatic carbocycles. The first kappa shape index (κ1) is 23.0. The molecule has 30 heavy (non-hydrogen) atoms. The van der Waals surface area contributed by atoms with Crippen molar-refractivity contribution in [2.45, 2.75) is 32.4 Å². The van der Waals surface area contributed by atoms with Gasteiger partial charge in [0.05, 0.1) is 0 Å². The zero-order valence-electron chi connectivity index (χ0n) is 17.0. The van der Waals surface area contributed by atoms with Gasteiger partial charge in [-0.2, -0.15) is 0 Å². The quantitative estimate of drug-likeness (QED) is 0.418. The highest BCUT2D eigenvalue weighted by Gasteiger charge is 2.11. The van der Waals surface area contributed by atoms with Gasteiger partial charge in [-0.25, -0.2) is 0 Å². The molecule has 0 spiro atoms. The first-order valence-electron chi connectivity index (χ1n) is 10.0. The van der Waals surface area contributed by atoms with Crippen LogP contribution in [0.25, 0.3) is 0 Å². The maximum absolute atomic E-state index is 11.9. The molecule has 0 heterocycles. The number of ether oxygens (including phenoxy) is 1. The number of phenolic OH excluding ortho intramolecular Hbond substituents is 1. The monoisotopic (exact) mass is 408 g/mol. The van der Waals surface area contributed by atoms with Crippen molar-refractivity contribution in [2.75, 3.05) is 19.8 Å². The second kappa shape index (κ2) is 13.0. The lowest BCUT2D eigenvalue weighted by Gasteiger charge is -2.20. The number of carbonyl (C=O) groups excluding carboxylic acids is 2. The molecule has 0 atom stereocenters. The maximum Gasteiger partial charge on any atom is 0.298 e. The third-order valence-corrected chi connectivity index (χ3v) is 4.44. The van der Waals surface area contributed by atoms with E-state index < -0.39 is 5.91 Å². The standard InChI is InChI=1S/C24H28N2O4/c1-2-24(29)26(19-21-11-6-12-22(27)17-21)14-8-16-30-15-7-13-23(28)25-18-20-9-4-3-5-10-20/h1,3-6,9-12,17,27H,7-8,13-16,18-19H2,(H,25,28). The van der Waals surface area contributed by atoms with Crippen molar-refractivity contribution in [2.24, 2.45) is 0 Å². The van der Waals surface area contributed by atoms with Gasteiger partial charge in [0.2, 0.25) is 5.91 Å². The molecule has 0 aliphatic rings. The maximum atomic E-state index is 11.9. The highest BCUT2D eigenvalue weighted by atomic mass is 16.5. The Bertz CT molecular complexity index is 846. The topological polar surface area (TPSA) is 78.9 Å². The Kier molecular flexibility index (Phi) is 9.98. The highest BCUT2D eigenvalue weighted by Crippen LogP contribution is 2.13. The molecule has 2 aromatic rings. The Labute approximate surface area is 177 Å². The summed E-state index contributed by atoms with van der Waals surface area (Å²) in [5.41, 5.74) is 1.87. The van der Waals surface area contributed by atoms with Crippen LogP contribution in [0.2, 0.25) is 0 Å². The molecule has 0 radical (unpaired) electrons. The summed E-state index contributed by atoms with van der Waals surface area (Å²) in [5, 5.41) is 12.4. The summed E-state index contributed by atoms with van der Waals surface area (Å²) in [6, 6.07) is 16.5. The van der Waals surface area contributed by atoms with E-state index in [1.165, 1.54) is 0 Å². The van der Waals surface area contributed by atoms with E-state index in [4.69, 9.17) is 11.2 Å². The van der Waals surface area contributed by atoms with Crippen molar-refractivity contribution in [3.05, 3.63) is 65.7 Å². The smallest absolute Gasteiger partial charge is 0.298 e. The second-order valence-electron chi connectivity index (χ2n) is 6.87. The lowest BCUT2D eigenvalue weighted by Crippen LogP contribution is -2.31. The molecule has 0 aromatic heterocycles. The number of hydrogen-bond donors (Lipinski definition) is 2. The molecule has 2 amide bonds. The number of hydrogen-bond acceptors (Lipinski definition) is 4. The largest absolute Gasteiger partial charge is 0.508 e. The van der Waals surface area contributed by atoms with E-state index in [1.54, 1.807) is 23.1 Å². The van der Waals surface area contributed by atoms with Crippen molar-refractivity contribution in [1.29, 1.82) is 0 Å². The fraction of sp³-hybridized carbons (Fsp3) is 0.333. The number of rotatable bonds is 12. The molecule has 158 valence electrons. The van der Waals surface area contributed by atoms with Gasteiger partial charge in [0, 0.05) is 39.3 Å². The summed E-state index contributed by atoms with van der Waals surface area (Å²) >= 11 is 0. The number of aromatic hydroxyl groups is 1. The van der Waals surface area contributed by atoms with Gasteiger partial charge in [-0.3, -0.25) is 9.59 Å². The molecular weight excluding hydrogens is 380 g/mol. The van der Waals surface area contributed by atoms with Crippen molar-refractivity contribution >= 4 is 11.8 Å². The van der Waals surface area contributed by atoms with Gasteiger partial charge in [-0.05, 0) is 42.0 Å². The van der Waals surface area contributed by atoms with E-state index in [0.717, 1.165) is 11.1 Å². The van der Waals surface area contributed by atoms with Gasteiger partial charge in [-0.1, -0.05) is 42.5 Å². The van der Waals surface area contributed by atoms with Gasteiger partial charge in [0.25, 0.3) is 5.91 Å². The van der Waals surface area contributed by atoms with Crippen LogP contribution >= 0.6 is 0 Å². The van der Waals surface area contributed by atoms with E-state index >= 15 is 0 Å².